The molecule has 3 rings (SSSR count). The molecule has 2 aromatic heterocycles. The van der Waals surface area contributed by atoms with Crippen LogP contribution >= 0.6 is 11.6 Å². The maximum Gasteiger partial charge on any atom is 0.267 e. The molecule has 2 heterocycles. The minimum absolute atomic E-state index is 0.347. The summed E-state index contributed by atoms with van der Waals surface area (Å²) in [6, 6.07) is 12.6. The number of rotatable bonds is 4. The van der Waals surface area contributed by atoms with E-state index in [4.69, 9.17) is 11.6 Å². The average Bonchev–Trinajstić information content (AvgIpc) is 2.64. The molecule has 0 saturated heterocycles. The van der Waals surface area contributed by atoms with Crippen molar-refractivity contribution in [3.05, 3.63) is 76.3 Å². The molecule has 0 aliphatic rings. The molecule has 1 aromatic carbocycles. The van der Waals surface area contributed by atoms with Gasteiger partial charge in [-0.05, 0) is 49.4 Å². The number of carbonyl (C=O) groups is 1. The van der Waals surface area contributed by atoms with Crippen molar-refractivity contribution in [3.8, 4) is 11.3 Å². The predicted octanol–water partition coefficient (Wildman–Crippen LogP) is 3.16. The zero-order valence-electron chi connectivity index (χ0n) is 13.4. The highest BCUT2D eigenvalue weighted by Crippen LogP contribution is 2.16. The predicted molar refractivity (Wildman–Crippen MR) is 96.5 cm³/mol. The van der Waals surface area contributed by atoms with Gasteiger partial charge in [0.25, 0.3) is 5.56 Å². The van der Waals surface area contributed by atoms with E-state index in [9.17, 15) is 9.59 Å². The van der Waals surface area contributed by atoms with Gasteiger partial charge < -0.3 is 5.32 Å². The number of halogens is 1. The number of hydrogen-bond donors (Lipinski definition) is 1. The van der Waals surface area contributed by atoms with Crippen LogP contribution in [-0.4, -0.2) is 20.7 Å². The Bertz CT molecular complexity index is 939. The molecule has 1 N–H and O–H groups in total. The molecule has 25 heavy (non-hydrogen) atoms. The van der Waals surface area contributed by atoms with E-state index in [1.54, 1.807) is 55.7 Å². The van der Waals surface area contributed by atoms with E-state index in [0.29, 0.717) is 16.4 Å². The largest absolute Gasteiger partial charge is 0.324 e. The first-order valence-electron chi connectivity index (χ1n) is 7.61. The number of anilines is 1. The lowest BCUT2D eigenvalue weighted by Crippen LogP contribution is -2.33. The average molecular weight is 355 g/mol. The molecule has 1 atom stereocenters. The molecular formula is C18H15ClN4O2. The molecule has 1 amide bonds. The standard InChI is InChI=1S/C18H15ClN4O2/c1-12(18(25)21-15-6-4-14(19)5-7-15)23-17(24)9-8-16(22-23)13-3-2-10-20-11-13/h2-12H,1H3,(H,21,25). The van der Waals surface area contributed by atoms with Gasteiger partial charge in [0.15, 0.2) is 0 Å². The highest BCUT2D eigenvalue weighted by atomic mass is 35.5. The lowest BCUT2D eigenvalue weighted by molar-refractivity contribution is -0.119. The van der Waals surface area contributed by atoms with Crippen molar-refractivity contribution < 1.29 is 4.79 Å². The van der Waals surface area contributed by atoms with E-state index in [1.165, 1.54) is 6.07 Å². The third-order valence-corrected chi connectivity index (χ3v) is 3.89. The van der Waals surface area contributed by atoms with Gasteiger partial charge in [-0.3, -0.25) is 14.6 Å². The Labute approximate surface area is 149 Å². The molecule has 1 unspecified atom stereocenters. The highest BCUT2D eigenvalue weighted by molar-refractivity contribution is 6.30. The summed E-state index contributed by atoms with van der Waals surface area (Å²) in [5.41, 5.74) is 1.57. The topological polar surface area (TPSA) is 76.9 Å². The number of carbonyl (C=O) groups excluding carboxylic acids is 1. The molecule has 6 nitrogen and oxygen atoms in total. The Morgan fingerprint density at radius 2 is 1.92 bits per heavy atom. The minimum Gasteiger partial charge on any atom is -0.324 e. The molecule has 0 radical (unpaired) electrons. The number of aromatic nitrogens is 3. The van der Waals surface area contributed by atoms with Crippen molar-refractivity contribution in [2.75, 3.05) is 5.32 Å². The highest BCUT2D eigenvalue weighted by Gasteiger charge is 2.18. The summed E-state index contributed by atoms with van der Waals surface area (Å²) in [5.74, 6) is -0.347. The number of amides is 1. The van der Waals surface area contributed by atoms with E-state index in [0.717, 1.165) is 10.2 Å². The van der Waals surface area contributed by atoms with Crippen LogP contribution in [0.2, 0.25) is 5.02 Å². The number of benzene rings is 1. The fourth-order valence-electron chi connectivity index (χ4n) is 2.26. The van der Waals surface area contributed by atoms with E-state index in [1.807, 2.05) is 6.07 Å². The first-order chi connectivity index (χ1) is 12.0. The van der Waals surface area contributed by atoms with E-state index in [2.05, 4.69) is 15.4 Å². The fraction of sp³-hybridized carbons (Fsp3) is 0.111. The zero-order chi connectivity index (χ0) is 17.8. The van der Waals surface area contributed by atoms with Crippen LogP contribution in [0.1, 0.15) is 13.0 Å². The summed E-state index contributed by atoms with van der Waals surface area (Å²) in [6.45, 7) is 1.62. The Morgan fingerprint density at radius 3 is 2.60 bits per heavy atom. The Morgan fingerprint density at radius 1 is 1.16 bits per heavy atom. The lowest BCUT2D eigenvalue weighted by Gasteiger charge is -2.15. The van der Waals surface area contributed by atoms with Crippen LogP contribution in [0.4, 0.5) is 5.69 Å². The van der Waals surface area contributed by atoms with Crippen molar-refractivity contribution in [2.24, 2.45) is 0 Å². The van der Waals surface area contributed by atoms with Crippen molar-refractivity contribution in [1.82, 2.24) is 14.8 Å². The van der Waals surface area contributed by atoms with Gasteiger partial charge >= 0.3 is 0 Å². The van der Waals surface area contributed by atoms with Crippen LogP contribution in [0.3, 0.4) is 0 Å². The van der Waals surface area contributed by atoms with Gasteiger partial charge in [0.05, 0.1) is 5.69 Å². The first-order valence-corrected chi connectivity index (χ1v) is 7.99. The second-order valence-corrected chi connectivity index (χ2v) is 5.85. The summed E-state index contributed by atoms with van der Waals surface area (Å²) in [6.07, 6.45) is 3.30. The number of nitrogens with zero attached hydrogens (tertiary/aromatic N) is 3. The normalized spacial score (nSPS) is 11.8. The quantitative estimate of drug-likeness (QED) is 0.780. The van der Waals surface area contributed by atoms with Gasteiger partial charge in [-0.25, -0.2) is 4.68 Å². The zero-order valence-corrected chi connectivity index (χ0v) is 14.1. The minimum atomic E-state index is -0.778. The van der Waals surface area contributed by atoms with Crippen LogP contribution in [-0.2, 0) is 4.79 Å². The van der Waals surface area contributed by atoms with Gasteiger partial charge in [-0.15, -0.1) is 0 Å². The fourth-order valence-corrected chi connectivity index (χ4v) is 2.39. The van der Waals surface area contributed by atoms with Crippen LogP contribution in [0.5, 0.6) is 0 Å². The van der Waals surface area contributed by atoms with E-state index >= 15 is 0 Å². The van der Waals surface area contributed by atoms with E-state index < -0.39 is 6.04 Å². The molecule has 3 aromatic rings. The van der Waals surface area contributed by atoms with E-state index in [-0.39, 0.29) is 11.5 Å². The Balaban J connectivity index is 1.86. The maximum atomic E-state index is 12.4. The number of hydrogen-bond acceptors (Lipinski definition) is 4. The molecule has 7 heteroatoms. The van der Waals surface area contributed by atoms with Crippen LogP contribution in [0.25, 0.3) is 11.3 Å². The molecule has 126 valence electrons. The smallest absolute Gasteiger partial charge is 0.267 e. The third-order valence-electron chi connectivity index (χ3n) is 3.64. The van der Waals surface area contributed by atoms with Gasteiger partial charge in [0.1, 0.15) is 6.04 Å². The van der Waals surface area contributed by atoms with Crippen molar-refractivity contribution >= 4 is 23.2 Å². The molecule has 0 bridgehead atoms. The summed E-state index contributed by atoms with van der Waals surface area (Å²) < 4.78 is 1.16. The molecule has 0 aliphatic carbocycles. The second kappa shape index (κ2) is 7.27. The van der Waals surface area contributed by atoms with Gasteiger partial charge in [0.2, 0.25) is 5.91 Å². The second-order valence-electron chi connectivity index (χ2n) is 5.42. The van der Waals surface area contributed by atoms with Gasteiger partial charge in [-0.1, -0.05) is 11.6 Å². The molecule has 0 fully saturated rings. The first kappa shape index (κ1) is 16.9. The molecular weight excluding hydrogens is 340 g/mol. The SMILES string of the molecule is CC(C(=O)Nc1ccc(Cl)cc1)n1nc(-c2cccnc2)ccc1=O. The summed E-state index contributed by atoms with van der Waals surface area (Å²) >= 11 is 5.83. The Hall–Kier alpha value is -2.99. The summed E-state index contributed by atoms with van der Waals surface area (Å²) in [7, 11) is 0. The van der Waals surface area contributed by atoms with Gasteiger partial charge in [-0.2, -0.15) is 5.10 Å². The lowest BCUT2D eigenvalue weighted by atomic mass is 10.2. The van der Waals surface area contributed by atoms with Crippen molar-refractivity contribution in [3.63, 3.8) is 0 Å². The number of nitrogens with one attached hydrogen (secondary N) is 1. The van der Waals surface area contributed by atoms with Crippen molar-refractivity contribution in [2.45, 2.75) is 13.0 Å². The van der Waals surface area contributed by atoms with Crippen LogP contribution in [0.15, 0.2) is 65.7 Å². The summed E-state index contributed by atoms with van der Waals surface area (Å²) in [5, 5.41) is 7.62. The Kier molecular flexibility index (Phi) is 4.90. The molecule has 0 spiro atoms. The van der Waals surface area contributed by atoms with Crippen molar-refractivity contribution in [1.29, 1.82) is 0 Å². The third kappa shape index (κ3) is 3.92. The van der Waals surface area contributed by atoms with Crippen LogP contribution in [0, 0.1) is 0 Å². The summed E-state index contributed by atoms with van der Waals surface area (Å²) in [4.78, 5) is 28.6. The molecule has 0 saturated carbocycles. The van der Waals surface area contributed by atoms with Gasteiger partial charge in [0, 0.05) is 34.7 Å². The maximum absolute atomic E-state index is 12.4. The number of pyridine rings is 1. The monoisotopic (exact) mass is 354 g/mol. The van der Waals surface area contributed by atoms with Crippen LogP contribution < -0.4 is 10.9 Å². The molecule has 0 aliphatic heterocycles.